The van der Waals surface area contributed by atoms with Gasteiger partial charge in [0.15, 0.2) is 0 Å². The molecular formula is C12H17BrN2O3S. The Morgan fingerprint density at radius 2 is 2.26 bits per heavy atom. The predicted octanol–water partition coefficient (Wildman–Crippen LogP) is 1.37. The van der Waals surface area contributed by atoms with Gasteiger partial charge in [0.2, 0.25) is 10.0 Å². The van der Waals surface area contributed by atoms with E-state index < -0.39 is 10.0 Å². The van der Waals surface area contributed by atoms with Gasteiger partial charge in [-0.1, -0.05) is 6.07 Å². The lowest BCUT2D eigenvalue weighted by molar-refractivity contribution is 0.0774. The second-order valence-electron chi connectivity index (χ2n) is 4.50. The molecule has 0 aromatic heterocycles. The minimum absolute atomic E-state index is 0.160. The number of benzene rings is 1. The van der Waals surface area contributed by atoms with E-state index in [9.17, 15) is 8.42 Å². The average Bonchev–Trinajstić information content (AvgIpc) is 2.39. The van der Waals surface area contributed by atoms with Gasteiger partial charge in [-0.2, -0.15) is 0 Å². The summed E-state index contributed by atoms with van der Waals surface area (Å²) in [6.45, 7) is 1.43. The zero-order chi connectivity index (χ0) is 13.9. The van der Waals surface area contributed by atoms with Crippen molar-refractivity contribution >= 4 is 26.0 Å². The molecule has 0 aliphatic carbocycles. The van der Waals surface area contributed by atoms with Crippen molar-refractivity contribution in [2.24, 2.45) is 5.73 Å². The summed E-state index contributed by atoms with van der Waals surface area (Å²) in [5.41, 5.74) is 6.33. The number of hydrogen-bond donors (Lipinski definition) is 2. The summed E-state index contributed by atoms with van der Waals surface area (Å²) in [5.74, 6) is 0. The van der Waals surface area contributed by atoms with Gasteiger partial charge >= 0.3 is 0 Å². The maximum absolute atomic E-state index is 12.4. The summed E-state index contributed by atoms with van der Waals surface area (Å²) < 4.78 is 33.2. The van der Waals surface area contributed by atoms with E-state index >= 15 is 0 Å². The van der Waals surface area contributed by atoms with Crippen molar-refractivity contribution in [1.29, 1.82) is 0 Å². The van der Waals surface area contributed by atoms with Crippen LogP contribution in [0.25, 0.3) is 0 Å². The van der Waals surface area contributed by atoms with Crippen LogP contribution >= 0.6 is 15.9 Å². The molecule has 5 nitrogen and oxygen atoms in total. The number of nitrogens with one attached hydrogen (secondary N) is 1. The number of rotatable bonds is 4. The molecule has 1 heterocycles. The standard InChI is InChI=1S/C12H17BrN2O3S/c13-11-4-3-9(7-14)6-12(11)19(16,17)15-10-2-1-5-18-8-10/h3-4,6,10,15H,1-2,5,7-8,14H2. The van der Waals surface area contributed by atoms with Gasteiger partial charge in [-0.25, -0.2) is 13.1 Å². The molecule has 7 heteroatoms. The fourth-order valence-electron chi connectivity index (χ4n) is 2.00. The maximum atomic E-state index is 12.4. The smallest absolute Gasteiger partial charge is 0.242 e. The summed E-state index contributed by atoms with van der Waals surface area (Å²) in [4.78, 5) is 0.223. The van der Waals surface area contributed by atoms with Crippen LogP contribution in [-0.4, -0.2) is 27.7 Å². The lowest BCUT2D eigenvalue weighted by atomic mass is 10.1. The highest BCUT2D eigenvalue weighted by Crippen LogP contribution is 2.24. The van der Waals surface area contributed by atoms with Gasteiger partial charge in [-0.15, -0.1) is 0 Å². The van der Waals surface area contributed by atoms with E-state index in [-0.39, 0.29) is 10.9 Å². The van der Waals surface area contributed by atoms with E-state index in [1.54, 1.807) is 18.2 Å². The van der Waals surface area contributed by atoms with Crippen LogP contribution in [0.4, 0.5) is 0 Å². The van der Waals surface area contributed by atoms with Crippen LogP contribution in [0.15, 0.2) is 27.6 Å². The monoisotopic (exact) mass is 348 g/mol. The number of ether oxygens (including phenoxy) is 1. The quantitative estimate of drug-likeness (QED) is 0.860. The van der Waals surface area contributed by atoms with E-state index in [0.717, 1.165) is 18.4 Å². The van der Waals surface area contributed by atoms with Crippen molar-refractivity contribution in [3.8, 4) is 0 Å². The molecule has 0 saturated carbocycles. The van der Waals surface area contributed by atoms with Gasteiger partial charge < -0.3 is 10.5 Å². The molecule has 106 valence electrons. The summed E-state index contributed by atoms with van der Waals surface area (Å²) >= 11 is 3.27. The Balaban J connectivity index is 2.23. The molecule has 1 aromatic rings. The van der Waals surface area contributed by atoms with Gasteiger partial charge in [0.05, 0.1) is 11.5 Å². The topological polar surface area (TPSA) is 81.4 Å². The van der Waals surface area contributed by atoms with Gasteiger partial charge in [-0.05, 0) is 46.5 Å². The van der Waals surface area contributed by atoms with Crippen LogP contribution in [0.1, 0.15) is 18.4 Å². The Kier molecular flexibility index (Phi) is 4.97. The third kappa shape index (κ3) is 3.76. The molecule has 0 bridgehead atoms. The molecule has 19 heavy (non-hydrogen) atoms. The Labute approximate surface area is 121 Å². The van der Waals surface area contributed by atoms with Crippen molar-refractivity contribution in [3.63, 3.8) is 0 Å². The normalized spacial score (nSPS) is 20.4. The molecular weight excluding hydrogens is 332 g/mol. The molecule has 1 aromatic carbocycles. The first-order valence-electron chi connectivity index (χ1n) is 6.11. The molecule has 0 spiro atoms. The number of halogens is 1. The van der Waals surface area contributed by atoms with Crippen LogP contribution in [0, 0.1) is 0 Å². The number of sulfonamides is 1. The first-order chi connectivity index (χ1) is 9.03. The lowest BCUT2D eigenvalue weighted by Gasteiger charge is -2.23. The van der Waals surface area contributed by atoms with Gasteiger partial charge in [0.25, 0.3) is 0 Å². The second-order valence-corrected chi connectivity index (χ2v) is 7.04. The molecule has 0 amide bonds. The van der Waals surface area contributed by atoms with Crippen molar-refractivity contribution in [3.05, 3.63) is 28.2 Å². The fourth-order valence-corrected chi connectivity index (χ4v) is 4.27. The maximum Gasteiger partial charge on any atom is 0.242 e. The van der Waals surface area contributed by atoms with Gasteiger partial charge in [0.1, 0.15) is 0 Å². The molecule has 1 aliphatic rings. The highest BCUT2D eigenvalue weighted by atomic mass is 79.9. The number of nitrogens with two attached hydrogens (primary N) is 1. The molecule has 0 radical (unpaired) electrons. The van der Waals surface area contributed by atoms with Crippen molar-refractivity contribution < 1.29 is 13.2 Å². The van der Waals surface area contributed by atoms with E-state index in [4.69, 9.17) is 10.5 Å². The summed E-state index contributed by atoms with van der Waals surface area (Å²) in [6, 6.07) is 4.93. The minimum Gasteiger partial charge on any atom is -0.380 e. The van der Waals surface area contributed by atoms with E-state index in [0.29, 0.717) is 24.2 Å². The van der Waals surface area contributed by atoms with Crippen LogP contribution in [0.3, 0.4) is 0 Å². The molecule has 1 fully saturated rings. The Morgan fingerprint density at radius 3 is 2.89 bits per heavy atom. The summed E-state index contributed by atoms with van der Waals surface area (Å²) in [7, 11) is -3.56. The summed E-state index contributed by atoms with van der Waals surface area (Å²) in [5, 5.41) is 0. The van der Waals surface area contributed by atoms with Gasteiger partial charge in [-0.3, -0.25) is 0 Å². The zero-order valence-corrected chi connectivity index (χ0v) is 12.8. The molecule has 1 saturated heterocycles. The minimum atomic E-state index is -3.56. The molecule has 1 atom stereocenters. The largest absolute Gasteiger partial charge is 0.380 e. The Morgan fingerprint density at radius 1 is 1.47 bits per heavy atom. The number of hydrogen-bond acceptors (Lipinski definition) is 4. The second kappa shape index (κ2) is 6.32. The van der Waals surface area contributed by atoms with Crippen LogP contribution in [-0.2, 0) is 21.3 Å². The van der Waals surface area contributed by atoms with Crippen LogP contribution in [0.5, 0.6) is 0 Å². The molecule has 2 rings (SSSR count). The SMILES string of the molecule is NCc1ccc(Br)c(S(=O)(=O)NC2CCCOC2)c1. The molecule has 3 N–H and O–H groups in total. The first-order valence-corrected chi connectivity index (χ1v) is 8.39. The lowest BCUT2D eigenvalue weighted by Crippen LogP contribution is -2.40. The molecule has 1 unspecified atom stereocenters. The predicted molar refractivity (Wildman–Crippen MR) is 76.2 cm³/mol. The van der Waals surface area contributed by atoms with Crippen LogP contribution < -0.4 is 10.5 Å². The van der Waals surface area contributed by atoms with Gasteiger partial charge in [0, 0.05) is 23.7 Å². The highest BCUT2D eigenvalue weighted by molar-refractivity contribution is 9.10. The van der Waals surface area contributed by atoms with E-state index in [1.807, 2.05) is 0 Å². The molecule has 1 aliphatic heterocycles. The summed E-state index contributed by atoms with van der Waals surface area (Å²) in [6.07, 6.45) is 1.67. The third-order valence-electron chi connectivity index (χ3n) is 3.00. The zero-order valence-electron chi connectivity index (χ0n) is 10.4. The fraction of sp³-hybridized carbons (Fsp3) is 0.500. The Bertz CT molecular complexity index is 542. The first kappa shape index (κ1) is 14.9. The average molecular weight is 349 g/mol. The van der Waals surface area contributed by atoms with Crippen molar-refractivity contribution in [2.75, 3.05) is 13.2 Å². The van der Waals surface area contributed by atoms with Crippen molar-refractivity contribution in [2.45, 2.75) is 30.3 Å². The van der Waals surface area contributed by atoms with E-state index in [2.05, 4.69) is 20.7 Å². The highest BCUT2D eigenvalue weighted by Gasteiger charge is 2.24. The Hall–Kier alpha value is -0.470. The third-order valence-corrected chi connectivity index (χ3v) is 5.52. The van der Waals surface area contributed by atoms with Crippen molar-refractivity contribution in [1.82, 2.24) is 4.72 Å². The van der Waals surface area contributed by atoms with E-state index in [1.165, 1.54) is 0 Å². The van der Waals surface area contributed by atoms with Crippen LogP contribution in [0.2, 0.25) is 0 Å².